The lowest BCUT2D eigenvalue weighted by Crippen LogP contribution is -2.21. The third-order valence-corrected chi connectivity index (χ3v) is 4.51. The van der Waals surface area contributed by atoms with E-state index in [1.54, 1.807) is 12.1 Å². The smallest absolute Gasteiger partial charge is 0.335 e. The zero-order valence-electron chi connectivity index (χ0n) is 14.0. The number of aromatic carboxylic acids is 1. The molecule has 0 atom stereocenters. The lowest BCUT2D eigenvalue weighted by atomic mass is 9.86. The summed E-state index contributed by atoms with van der Waals surface area (Å²) in [6.45, 7) is 8.12. The largest absolute Gasteiger partial charge is 0.478 e. The van der Waals surface area contributed by atoms with Crippen molar-refractivity contribution in [3.63, 3.8) is 0 Å². The van der Waals surface area contributed by atoms with Gasteiger partial charge in [0.2, 0.25) is 0 Å². The highest BCUT2D eigenvalue weighted by Gasteiger charge is 2.26. The van der Waals surface area contributed by atoms with E-state index < -0.39 is 5.97 Å². The highest BCUT2D eigenvalue weighted by molar-refractivity contribution is 5.88. The highest BCUT2D eigenvalue weighted by atomic mass is 16.5. The molecule has 0 aliphatic carbocycles. The molecule has 1 saturated heterocycles. The molecule has 124 valence electrons. The van der Waals surface area contributed by atoms with Crippen LogP contribution in [0.1, 0.15) is 55.4 Å². The van der Waals surface area contributed by atoms with Gasteiger partial charge < -0.3 is 14.2 Å². The van der Waals surface area contributed by atoms with E-state index in [0.29, 0.717) is 5.92 Å². The third kappa shape index (κ3) is 3.24. The predicted octanol–water partition coefficient (Wildman–Crippen LogP) is 3.30. The Bertz CT molecular complexity index is 722. The van der Waals surface area contributed by atoms with Gasteiger partial charge in [-0.3, -0.25) is 0 Å². The van der Waals surface area contributed by atoms with Gasteiger partial charge in [0, 0.05) is 30.5 Å². The number of carboxylic acid groups (broad SMARTS) is 1. The van der Waals surface area contributed by atoms with Crippen LogP contribution in [0.4, 0.5) is 0 Å². The number of hydrogen-bond acceptors (Lipinski definition) is 3. The van der Waals surface area contributed by atoms with Gasteiger partial charge in [0.15, 0.2) is 0 Å². The summed E-state index contributed by atoms with van der Waals surface area (Å²) in [7, 11) is 0. The van der Waals surface area contributed by atoms with Gasteiger partial charge in [-0.05, 0) is 37.3 Å². The lowest BCUT2D eigenvalue weighted by molar-refractivity contribution is 0.0660. The number of imidazole rings is 1. The first-order chi connectivity index (χ1) is 10.9. The quantitative estimate of drug-likeness (QED) is 0.943. The van der Waals surface area contributed by atoms with Crippen LogP contribution in [0.25, 0.3) is 5.65 Å². The van der Waals surface area contributed by atoms with Crippen LogP contribution in [-0.4, -0.2) is 33.7 Å². The molecule has 1 fully saturated rings. The van der Waals surface area contributed by atoms with Crippen molar-refractivity contribution in [3.8, 4) is 0 Å². The Morgan fingerprint density at radius 1 is 1.39 bits per heavy atom. The van der Waals surface area contributed by atoms with Gasteiger partial charge in [-0.15, -0.1) is 0 Å². The number of carbonyl (C=O) groups is 1. The summed E-state index contributed by atoms with van der Waals surface area (Å²) in [4.78, 5) is 16.0. The Hall–Kier alpha value is -1.88. The third-order valence-electron chi connectivity index (χ3n) is 4.51. The molecule has 5 nitrogen and oxygen atoms in total. The summed E-state index contributed by atoms with van der Waals surface area (Å²) in [5, 5.41) is 9.19. The van der Waals surface area contributed by atoms with Gasteiger partial charge in [-0.2, -0.15) is 0 Å². The van der Waals surface area contributed by atoms with Crippen molar-refractivity contribution in [3.05, 3.63) is 35.3 Å². The molecule has 1 N–H and O–H groups in total. The number of hydrogen-bond donors (Lipinski definition) is 1. The molecule has 23 heavy (non-hydrogen) atoms. The average molecular weight is 316 g/mol. The maximum Gasteiger partial charge on any atom is 0.335 e. The van der Waals surface area contributed by atoms with Gasteiger partial charge in [-0.1, -0.05) is 20.8 Å². The first-order valence-electron chi connectivity index (χ1n) is 8.19. The van der Waals surface area contributed by atoms with Crippen LogP contribution >= 0.6 is 0 Å². The summed E-state index contributed by atoms with van der Waals surface area (Å²) < 4.78 is 7.52. The number of rotatable bonds is 3. The molecule has 2 aromatic heterocycles. The van der Waals surface area contributed by atoms with Gasteiger partial charge in [0.05, 0.1) is 11.3 Å². The van der Waals surface area contributed by atoms with E-state index >= 15 is 0 Å². The molecule has 1 aliphatic heterocycles. The van der Waals surface area contributed by atoms with Crippen LogP contribution in [0, 0.1) is 5.92 Å². The molecule has 0 amide bonds. The Balaban J connectivity index is 2.06. The number of aromatic nitrogens is 2. The number of nitrogens with zero attached hydrogens (tertiary/aromatic N) is 2. The summed E-state index contributed by atoms with van der Waals surface area (Å²) in [6.07, 6.45) is 4.95. The van der Waals surface area contributed by atoms with Crippen molar-refractivity contribution in [1.82, 2.24) is 9.38 Å². The van der Waals surface area contributed by atoms with Crippen LogP contribution in [-0.2, 0) is 16.6 Å². The Morgan fingerprint density at radius 3 is 2.70 bits per heavy atom. The molecule has 0 bridgehead atoms. The van der Waals surface area contributed by atoms with Crippen molar-refractivity contribution in [1.29, 1.82) is 0 Å². The summed E-state index contributed by atoms with van der Waals surface area (Å²) in [5.74, 6) is -0.317. The van der Waals surface area contributed by atoms with Crippen molar-refractivity contribution < 1.29 is 14.6 Å². The van der Waals surface area contributed by atoms with Crippen LogP contribution < -0.4 is 0 Å². The second-order valence-corrected chi connectivity index (χ2v) is 7.37. The van der Waals surface area contributed by atoms with Gasteiger partial charge >= 0.3 is 5.97 Å². The van der Waals surface area contributed by atoms with E-state index in [1.807, 2.05) is 6.20 Å². The molecule has 0 radical (unpaired) electrons. The first-order valence-corrected chi connectivity index (χ1v) is 8.19. The highest BCUT2D eigenvalue weighted by Crippen LogP contribution is 2.30. The van der Waals surface area contributed by atoms with Crippen LogP contribution in [0.15, 0.2) is 18.3 Å². The fraction of sp³-hybridized carbons (Fsp3) is 0.556. The second-order valence-electron chi connectivity index (χ2n) is 7.37. The lowest BCUT2D eigenvalue weighted by Gasteiger charge is -2.24. The van der Waals surface area contributed by atoms with Gasteiger partial charge in [-0.25, -0.2) is 9.78 Å². The molecule has 2 aromatic rings. The van der Waals surface area contributed by atoms with Crippen molar-refractivity contribution >= 4 is 11.6 Å². The molecule has 0 saturated carbocycles. The molecular formula is C18H24N2O3. The molecule has 0 spiro atoms. The molecule has 3 rings (SSSR count). The zero-order valence-corrected chi connectivity index (χ0v) is 14.0. The van der Waals surface area contributed by atoms with Crippen LogP contribution in [0.5, 0.6) is 0 Å². The van der Waals surface area contributed by atoms with E-state index in [-0.39, 0.29) is 11.0 Å². The van der Waals surface area contributed by atoms with Crippen molar-refractivity contribution in [2.45, 2.75) is 45.4 Å². The fourth-order valence-electron chi connectivity index (χ4n) is 3.25. The average Bonchev–Trinajstić information content (AvgIpc) is 2.86. The SMILES string of the molecule is CC(C)(C)c1nc2cc(C(=O)O)ccn2c1CC1CCOCC1. The normalized spacial score (nSPS) is 16.8. The number of pyridine rings is 1. The van der Waals surface area contributed by atoms with Gasteiger partial charge in [0.25, 0.3) is 0 Å². The summed E-state index contributed by atoms with van der Waals surface area (Å²) >= 11 is 0. The Labute approximate surface area is 136 Å². The zero-order chi connectivity index (χ0) is 16.6. The van der Waals surface area contributed by atoms with Crippen molar-refractivity contribution in [2.24, 2.45) is 5.92 Å². The standard InChI is InChI=1S/C18H24N2O3/c1-18(2,3)16-14(10-12-5-8-23-9-6-12)20-7-4-13(17(21)22)11-15(20)19-16/h4,7,11-12H,5-6,8-10H2,1-3H3,(H,21,22). The second kappa shape index (κ2) is 5.96. The van der Waals surface area contributed by atoms with Gasteiger partial charge in [0.1, 0.15) is 5.65 Å². The van der Waals surface area contributed by atoms with E-state index in [2.05, 4.69) is 25.2 Å². The molecular weight excluding hydrogens is 292 g/mol. The molecule has 3 heterocycles. The van der Waals surface area contributed by atoms with E-state index in [0.717, 1.165) is 43.8 Å². The Kier molecular flexibility index (Phi) is 4.15. The number of fused-ring (bicyclic) bond motifs is 1. The maximum atomic E-state index is 11.2. The summed E-state index contributed by atoms with van der Waals surface area (Å²) in [5.41, 5.74) is 3.19. The minimum atomic E-state index is -0.918. The Morgan fingerprint density at radius 2 is 2.09 bits per heavy atom. The van der Waals surface area contributed by atoms with E-state index in [1.165, 1.54) is 5.69 Å². The van der Waals surface area contributed by atoms with Crippen molar-refractivity contribution in [2.75, 3.05) is 13.2 Å². The van der Waals surface area contributed by atoms with Crippen LogP contribution in [0.3, 0.4) is 0 Å². The van der Waals surface area contributed by atoms with Crippen LogP contribution in [0.2, 0.25) is 0 Å². The fourth-order valence-corrected chi connectivity index (χ4v) is 3.25. The topological polar surface area (TPSA) is 63.8 Å². The van der Waals surface area contributed by atoms with E-state index in [9.17, 15) is 9.90 Å². The number of ether oxygens (including phenoxy) is 1. The number of carboxylic acids is 1. The molecule has 5 heteroatoms. The molecule has 0 unspecified atom stereocenters. The summed E-state index contributed by atoms with van der Waals surface area (Å²) in [6, 6.07) is 3.31. The first kappa shape index (κ1) is 16.0. The molecule has 0 aromatic carbocycles. The minimum absolute atomic E-state index is 0.0735. The maximum absolute atomic E-state index is 11.2. The minimum Gasteiger partial charge on any atom is -0.478 e. The van der Waals surface area contributed by atoms with E-state index in [4.69, 9.17) is 9.72 Å². The monoisotopic (exact) mass is 316 g/mol. The predicted molar refractivity (Wildman–Crippen MR) is 88.1 cm³/mol. The molecule has 1 aliphatic rings.